The van der Waals surface area contributed by atoms with E-state index < -0.39 is 5.97 Å². The molecule has 1 heterocycles. The SMILES string of the molecule is C#CCN(CC(=O)O)c1nc2ccccc2nc1C. The average Bonchev–Trinajstić information content (AvgIpc) is 2.37. The first-order valence-electron chi connectivity index (χ1n) is 5.75. The third kappa shape index (κ3) is 2.80. The van der Waals surface area contributed by atoms with E-state index in [-0.39, 0.29) is 13.1 Å². The van der Waals surface area contributed by atoms with E-state index in [1.54, 1.807) is 6.92 Å². The minimum absolute atomic E-state index is 0.181. The number of benzene rings is 1. The van der Waals surface area contributed by atoms with E-state index in [9.17, 15) is 4.79 Å². The second kappa shape index (κ2) is 5.36. The van der Waals surface area contributed by atoms with E-state index in [4.69, 9.17) is 11.5 Å². The quantitative estimate of drug-likeness (QED) is 0.838. The minimum atomic E-state index is -0.954. The number of aliphatic carboxylic acids is 1. The Morgan fingerprint density at radius 1 is 1.37 bits per heavy atom. The van der Waals surface area contributed by atoms with Crippen LogP contribution in [0.3, 0.4) is 0 Å². The highest BCUT2D eigenvalue weighted by atomic mass is 16.4. The van der Waals surface area contributed by atoms with Crippen LogP contribution in [0.1, 0.15) is 5.69 Å². The van der Waals surface area contributed by atoms with Gasteiger partial charge < -0.3 is 10.0 Å². The highest BCUT2D eigenvalue weighted by molar-refractivity contribution is 5.78. The number of terminal acetylenes is 1. The Kier molecular flexibility index (Phi) is 3.62. The molecule has 0 bridgehead atoms. The Balaban J connectivity index is 2.49. The van der Waals surface area contributed by atoms with Gasteiger partial charge in [0.15, 0.2) is 5.82 Å². The van der Waals surface area contributed by atoms with Gasteiger partial charge in [0.1, 0.15) is 6.54 Å². The molecule has 0 amide bonds. The van der Waals surface area contributed by atoms with Gasteiger partial charge in [-0.2, -0.15) is 0 Å². The maximum atomic E-state index is 10.9. The van der Waals surface area contributed by atoms with Crippen LogP contribution in [-0.2, 0) is 4.79 Å². The van der Waals surface area contributed by atoms with Crippen LogP contribution in [0.4, 0.5) is 5.82 Å². The number of fused-ring (bicyclic) bond motifs is 1. The fourth-order valence-corrected chi connectivity index (χ4v) is 1.86. The summed E-state index contributed by atoms with van der Waals surface area (Å²) in [7, 11) is 0. The van der Waals surface area contributed by atoms with Crippen LogP contribution < -0.4 is 4.90 Å². The number of aryl methyl sites for hydroxylation is 1. The fraction of sp³-hybridized carbons (Fsp3) is 0.214. The summed E-state index contributed by atoms with van der Waals surface area (Å²) in [6.45, 7) is 1.78. The van der Waals surface area contributed by atoms with Crippen LogP contribution in [-0.4, -0.2) is 34.1 Å². The van der Waals surface area contributed by atoms with Crippen LogP contribution in [0, 0.1) is 19.3 Å². The molecular formula is C14H13N3O2. The summed E-state index contributed by atoms with van der Waals surface area (Å²) < 4.78 is 0. The number of rotatable bonds is 4. The molecule has 1 aromatic carbocycles. The molecule has 0 saturated carbocycles. The third-order valence-electron chi connectivity index (χ3n) is 2.63. The zero-order valence-corrected chi connectivity index (χ0v) is 10.5. The average molecular weight is 255 g/mol. The summed E-state index contributed by atoms with van der Waals surface area (Å²) in [5, 5.41) is 8.92. The normalized spacial score (nSPS) is 10.1. The van der Waals surface area contributed by atoms with Crippen molar-refractivity contribution in [2.45, 2.75) is 6.92 Å². The van der Waals surface area contributed by atoms with Crippen molar-refractivity contribution < 1.29 is 9.90 Å². The number of carbonyl (C=O) groups is 1. The van der Waals surface area contributed by atoms with Gasteiger partial charge in [-0.25, -0.2) is 9.97 Å². The van der Waals surface area contributed by atoms with Gasteiger partial charge in [-0.3, -0.25) is 4.79 Å². The van der Waals surface area contributed by atoms with Gasteiger partial charge in [0.2, 0.25) is 0 Å². The topological polar surface area (TPSA) is 66.3 Å². The molecule has 0 atom stereocenters. The lowest BCUT2D eigenvalue weighted by Gasteiger charge is -2.20. The van der Waals surface area contributed by atoms with Crippen molar-refractivity contribution in [3.63, 3.8) is 0 Å². The van der Waals surface area contributed by atoms with Gasteiger partial charge in [0.05, 0.1) is 23.3 Å². The van der Waals surface area contributed by atoms with E-state index in [1.165, 1.54) is 4.90 Å². The molecule has 0 aliphatic heterocycles. The van der Waals surface area contributed by atoms with Crippen molar-refractivity contribution in [1.82, 2.24) is 9.97 Å². The molecule has 1 N–H and O–H groups in total. The van der Waals surface area contributed by atoms with Gasteiger partial charge in [0.25, 0.3) is 0 Å². The molecule has 0 unspecified atom stereocenters. The van der Waals surface area contributed by atoms with Crippen LogP contribution in [0.2, 0.25) is 0 Å². The number of nitrogens with zero attached hydrogens (tertiary/aromatic N) is 3. The lowest BCUT2D eigenvalue weighted by molar-refractivity contribution is -0.135. The first kappa shape index (κ1) is 12.8. The van der Waals surface area contributed by atoms with Crippen molar-refractivity contribution in [1.29, 1.82) is 0 Å². The predicted molar refractivity (Wildman–Crippen MR) is 73.0 cm³/mol. The Hall–Kier alpha value is -2.61. The minimum Gasteiger partial charge on any atom is -0.480 e. The lowest BCUT2D eigenvalue weighted by Crippen LogP contribution is -2.31. The molecule has 0 saturated heterocycles. The standard InChI is InChI=1S/C14H13N3O2/c1-3-8-17(9-13(18)19)14-10(2)15-11-6-4-5-7-12(11)16-14/h1,4-7H,8-9H2,2H3,(H,18,19). The highest BCUT2D eigenvalue weighted by Crippen LogP contribution is 2.19. The maximum absolute atomic E-state index is 10.9. The Labute approximate surface area is 110 Å². The number of hydrogen-bond donors (Lipinski definition) is 1. The Morgan fingerprint density at radius 2 is 2.00 bits per heavy atom. The van der Waals surface area contributed by atoms with Crippen LogP contribution in [0.25, 0.3) is 11.0 Å². The van der Waals surface area contributed by atoms with E-state index in [0.717, 1.165) is 11.0 Å². The van der Waals surface area contributed by atoms with Crippen LogP contribution >= 0.6 is 0 Å². The molecule has 0 radical (unpaired) electrons. The second-order valence-electron chi connectivity index (χ2n) is 4.08. The number of para-hydroxylation sites is 2. The molecule has 5 nitrogen and oxygen atoms in total. The summed E-state index contributed by atoms with van der Waals surface area (Å²) in [4.78, 5) is 21.3. The number of aromatic nitrogens is 2. The monoisotopic (exact) mass is 255 g/mol. The molecule has 0 aliphatic carbocycles. The van der Waals surface area contributed by atoms with Gasteiger partial charge in [-0.15, -0.1) is 6.42 Å². The number of carboxylic acid groups (broad SMARTS) is 1. The summed E-state index contributed by atoms with van der Waals surface area (Å²) in [5.74, 6) is 2.00. The summed E-state index contributed by atoms with van der Waals surface area (Å²) in [5.41, 5.74) is 2.16. The first-order valence-corrected chi connectivity index (χ1v) is 5.75. The van der Waals surface area contributed by atoms with Gasteiger partial charge in [0, 0.05) is 0 Å². The smallest absolute Gasteiger partial charge is 0.323 e. The Bertz CT molecular complexity index is 661. The molecule has 0 aliphatic rings. The van der Waals surface area contributed by atoms with Crippen LogP contribution in [0.5, 0.6) is 0 Å². The molecule has 2 rings (SSSR count). The zero-order valence-electron chi connectivity index (χ0n) is 10.5. The molecule has 5 heteroatoms. The van der Waals surface area contributed by atoms with Crippen molar-refractivity contribution in [3.8, 4) is 12.3 Å². The number of carboxylic acids is 1. The van der Waals surface area contributed by atoms with E-state index >= 15 is 0 Å². The van der Waals surface area contributed by atoms with Gasteiger partial charge >= 0.3 is 5.97 Å². The van der Waals surface area contributed by atoms with Crippen molar-refractivity contribution in [2.24, 2.45) is 0 Å². The van der Waals surface area contributed by atoms with Crippen molar-refractivity contribution >= 4 is 22.8 Å². The zero-order chi connectivity index (χ0) is 13.8. The molecule has 19 heavy (non-hydrogen) atoms. The van der Waals surface area contributed by atoms with E-state index in [1.807, 2.05) is 24.3 Å². The molecular weight excluding hydrogens is 242 g/mol. The van der Waals surface area contributed by atoms with Crippen LogP contribution in [0.15, 0.2) is 24.3 Å². The largest absolute Gasteiger partial charge is 0.480 e. The number of anilines is 1. The first-order chi connectivity index (χ1) is 9.11. The molecule has 96 valence electrons. The number of hydrogen-bond acceptors (Lipinski definition) is 4. The van der Waals surface area contributed by atoms with Gasteiger partial charge in [-0.05, 0) is 19.1 Å². The molecule has 0 spiro atoms. The molecule has 2 aromatic rings. The highest BCUT2D eigenvalue weighted by Gasteiger charge is 2.15. The van der Waals surface area contributed by atoms with Crippen molar-refractivity contribution in [2.75, 3.05) is 18.0 Å². The van der Waals surface area contributed by atoms with Gasteiger partial charge in [-0.1, -0.05) is 18.1 Å². The second-order valence-corrected chi connectivity index (χ2v) is 4.08. The summed E-state index contributed by atoms with van der Waals surface area (Å²) >= 11 is 0. The van der Waals surface area contributed by atoms with E-state index in [2.05, 4.69) is 15.9 Å². The maximum Gasteiger partial charge on any atom is 0.323 e. The Morgan fingerprint density at radius 3 is 2.58 bits per heavy atom. The van der Waals surface area contributed by atoms with E-state index in [0.29, 0.717) is 11.5 Å². The molecule has 1 aromatic heterocycles. The lowest BCUT2D eigenvalue weighted by atomic mass is 10.3. The molecule has 0 fully saturated rings. The third-order valence-corrected chi connectivity index (χ3v) is 2.63. The summed E-state index contributed by atoms with van der Waals surface area (Å²) in [6.07, 6.45) is 5.27. The fourth-order valence-electron chi connectivity index (χ4n) is 1.86. The summed E-state index contributed by atoms with van der Waals surface area (Å²) in [6, 6.07) is 7.44. The predicted octanol–water partition coefficient (Wildman–Crippen LogP) is 1.46. The van der Waals surface area contributed by atoms with Crippen molar-refractivity contribution in [3.05, 3.63) is 30.0 Å².